The van der Waals surface area contributed by atoms with Crippen molar-refractivity contribution in [2.45, 2.75) is 25.4 Å². The van der Waals surface area contributed by atoms with Gasteiger partial charge < -0.3 is 14.4 Å². The second kappa shape index (κ2) is 6.35. The molecule has 0 radical (unpaired) electrons. The van der Waals surface area contributed by atoms with Crippen molar-refractivity contribution in [3.8, 4) is 0 Å². The summed E-state index contributed by atoms with van der Waals surface area (Å²) in [5.41, 5.74) is 1.13. The van der Waals surface area contributed by atoms with E-state index < -0.39 is 0 Å². The summed E-state index contributed by atoms with van der Waals surface area (Å²) in [4.78, 5) is 33.7. The molecule has 3 aliphatic heterocycles. The molecule has 2 aromatic rings. The molecule has 4 heterocycles. The van der Waals surface area contributed by atoms with Crippen LogP contribution >= 0.6 is 0 Å². The van der Waals surface area contributed by atoms with Crippen LogP contribution in [-0.2, 0) is 18.4 Å². The highest BCUT2D eigenvalue weighted by atomic mass is 16.2. The highest BCUT2D eigenvalue weighted by Crippen LogP contribution is 2.31. The zero-order chi connectivity index (χ0) is 17.4. The van der Waals surface area contributed by atoms with Crippen LogP contribution in [0.15, 0.2) is 42.7 Å². The number of benzene rings is 1. The van der Waals surface area contributed by atoms with Gasteiger partial charge in [0.1, 0.15) is 0 Å². The van der Waals surface area contributed by atoms with Gasteiger partial charge in [-0.3, -0.25) is 9.59 Å². The Balaban J connectivity index is 1.56. The van der Waals surface area contributed by atoms with E-state index in [4.69, 9.17) is 0 Å². The molecular weight excluding hydrogens is 316 g/mol. The van der Waals surface area contributed by atoms with Crippen molar-refractivity contribution >= 4 is 11.8 Å². The summed E-state index contributed by atoms with van der Waals surface area (Å²) in [6.07, 6.45) is 5.21. The third-order valence-electron chi connectivity index (χ3n) is 5.29. The van der Waals surface area contributed by atoms with Crippen LogP contribution in [0.3, 0.4) is 0 Å². The Morgan fingerprint density at radius 3 is 2.72 bits per heavy atom. The molecule has 3 fully saturated rings. The van der Waals surface area contributed by atoms with Gasteiger partial charge in [-0.05, 0) is 18.4 Å². The first kappa shape index (κ1) is 15.9. The van der Waals surface area contributed by atoms with Crippen molar-refractivity contribution in [3.05, 3.63) is 54.1 Å². The van der Waals surface area contributed by atoms with Gasteiger partial charge in [0.25, 0.3) is 5.91 Å². The first-order chi connectivity index (χ1) is 12.1. The number of fused-ring (bicyclic) bond motifs is 4. The predicted octanol–water partition coefficient (Wildman–Crippen LogP) is 1.68. The molecule has 1 aromatic carbocycles. The minimum atomic E-state index is -0.105. The zero-order valence-electron chi connectivity index (χ0n) is 14.3. The van der Waals surface area contributed by atoms with E-state index in [0.717, 1.165) is 18.4 Å². The molecule has 3 saturated heterocycles. The molecule has 0 spiro atoms. The first-order valence-electron chi connectivity index (χ1n) is 8.74. The Morgan fingerprint density at radius 2 is 2.00 bits per heavy atom. The van der Waals surface area contributed by atoms with Gasteiger partial charge >= 0.3 is 0 Å². The lowest BCUT2D eigenvalue weighted by Crippen LogP contribution is -2.47. The van der Waals surface area contributed by atoms with Gasteiger partial charge in [0.2, 0.25) is 5.91 Å². The van der Waals surface area contributed by atoms with E-state index in [1.165, 1.54) is 0 Å². The number of amides is 2. The molecule has 2 amide bonds. The molecule has 6 nitrogen and oxygen atoms in total. The van der Waals surface area contributed by atoms with E-state index in [-0.39, 0.29) is 23.8 Å². The van der Waals surface area contributed by atoms with Crippen LogP contribution in [0.1, 0.15) is 29.0 Å². The first-order valence-corrected chi connectivity index (χ1v) is 8.74. The molecule has 3 aliphatic rings. The smallest absolute Gasteiger partial charge is 0.289 e. The molecule has 130 valence electrons. The van der Waals surface area contributed by atoms with Gasteiger partial charge in [-0.2, -0.15) is 0 Å². The third kappa shape index (κ3) is 2.92. The van der Waals surface area contributed by atoms with E-state index in [0.29, 0.717) is 25.5 Å². The van der Waals surface area contributed by atoms with Gasteiger partial charge in [-0.15, -0.1) is 0 Å². The van der Waals surface area contributed by atoms with Gasteiger partial charge in [0, 0.05) is 45.1 Å². The highest BCUT2D eigenvalue weighted by molar-refractivity contribution is 5.92. The molecule has 2 bridgehead atoms. The van der Waals surface area contributed by atoms with Crippen LogP contribution in [-0.4, -0.2) is 50.3 Å². The van der Waals surface area contributed by atoms with Gasteiger partial charge in [0.15, 0.2) is 5.82 Å². The summed E-state index contributed by atoms with van der Waals surface area (Å²) >= 11 is 0. The minimum absolute atomic E-state index is 0.0793. The molecule has 0 N–H and O–H groups in total. The molecule has 2 atom stereocenters. The Labute approximate surface area is 147 Å². The second-order valence-corrected chi connectivity index (χ2v) is 6.95. The van der Waals surface area contributed by atoms with Crippen molar-refractivity contribution in [2.24, 2.45) is 13.0 Å². The Morgan fingerprint density at radius 1 is 1.20 bits per heavy atom. The maximum atomic E-state index is 12.9. The number of hydrogen-bond acceptors (Lipinski definition) is 3. The lowest BCUT2D eigenvalue weighted by atomic mass is 9.93. The van der Waals surface area contributed by atoms with Crippen LogP contribution in [0, 0.1) is 5.92 Å². The maximum Gasteiger partial charge on any atom is 0.289 e. The Hall–Kier alpha value is -2.63. The summed E-state index contributed by atoms with van der Waals surface area (Å²) < 4.78 is 1.73. The minimum Gasteiger partial charge on any atom is -0.333 e. The van der Waals surface area contributed by atoms with E-state index in [2.05, 4.69) is 4.98 Å². The SMILES string of the molecule is Cn1ccnc1C(=O)N1C[C@@H]2CC[C@H](C1)N(Cc1ccccc1)C2=O. The largest absolute Gasteiger partial charge is 0.333 e. The average molecular weight is 338 g/mol. The maximum absolute atomic E-state index is 12.9. The normalized spacial score (nSPS) is 23.0. The lowest BCUT2D eigenvalue weighted by Gasteiger charge is -2.36. The topological polar surface area (TPSA) is 58.4 Å². The van der Waals surface area contributed by atoms with Crippen molar-refractivity contribution in [1.29, 1.82) is 0 Å². The molecule has 6 heteroatoms. The lowest BCUT2D eigenvalue weighted by molar-refractivity contribution is -0.140. The van der Waals surface area contributed by atoms with E-state index in [9.17, 15) is 9.59 Å². The van der Waals surface area contributed by atoms with E-state index in [1.54, 1.807) is 17.0 Å². The van der Waals surface area contributed by atoms with Gasteiger partial charge in [-0.25, -0.2) is 4.98 Å². The van der Waals surface area contributed by atoms with Gasteiger partial charge in [-0.1, -0.05) is 30.3 Å². The van der Waals surface area contributed by atoms with Crippen LogP contribution in [0.4, 0.5) is 0 Å². The fourth-order valence-electron chi connectivity index (χ4n) is 3.91. The number of aromatic nitrogens is 2. The van der Waals surface area contributed by atoms with Crippen molar-refractivity contribution in [1.82, 2.24) is 19.4 Å². The van der Waals surface area contributed by atoms with E-state index >= 15 is 0 Å². The van der Waals surface area contributed by atoms with Crippen molar-refractivity contribution < 1.29 is 9.59 Å². The highest BCUT2D eigenvalue weighted by Gasteiger charge is 2.42. The Kier molecular flexibility index (Phi) is 4.03. The summed E-state index contributed by atoms with van der Waals surface area (Å²) in [6, 6.07) is 10.1. The molecule has 25 heavy (non-hydrogen) atoms. The second-order valence-electron chi connectivity index (χ2n) is 6.95. The summed E-state index contributed by atoms with van der Waals surface area (Å²) in [6.45, 7) is 1.69. The van der Waals surface area contributed by atoms with Crippen LogP contribution in [0.25, 0.3) is 0 Å². The van der Waals surface area contributed by atoms with Crippen LogP contribution in [0.5, 0.6) is 0 Å². The number of carbonyl (C=O) groups excluding carboxylic acids is 2. The number of hydrogen-bond donors (Lipinski definition) is 0. The average Bonchev–Trinajstić information content (AvgIpc) is 2.87. The fourth-order valence-corrected chi connectivity index (χ4v) is 3.91. The third-order valence-corrected chi connectivity index (χ3v) is 5.29. The Bertz CT molecular complexity index is 786. The summed E-state index contributed by atoms with van der Waals surface area (Å²) in [5.74, 6) is 0.420. The molecule has 0 aliphatic carbocycles. The number of carbonyl (C=O) groups is 2. The number of piperidine rings is 1. The predicted molar refractivity (Wildman–Crippen MR) is 92.6 cm³/mol. The number of rotatable bonds is 3. The van der Waals surface area contributed by atoms with Crippen molar-refractivity contribution in [2.75, 3.05) is 13.1 Å². The zero-order valence-corrected chi connectivity index (χ0v) is 14.3. The molecule has 5 rings (SSSR count). The van der Waals surface area contributed by atoms with Gasteiger partial charge in [0.05, 0.1) is 5.92 Å². The summed E-state index contributed by atoms with van der Waals surface area (Å²) in [5, 5.41) is 0. The monoisotopic (exact) mass is 338 g/mol. The quantitative estimate of drug-likeness (QED) is 0.856. The van der Waals surface area contributed by atoms with E-state index in [1.807, 2.05) is 47.2 Å². The summed E-state index contributed by atoms with van der Waals surface area (Å²) in [7, 11) is 1.82. The standard InChI is InChI=1S/C19H22N4O2/c1-21-10-9-20-17(21)19(25)22-12-15-7-8-16(13-22)23(18(15)24)11-14-5-3-2-4-6-14/h2-6,9-10,15-16H,7-8,11-13H2,1H3/t15-,16+/m0/s1. The van der Waals surface area contributed by atoms with Crippen LogP contribution in [0.2, 0.25) is 0 Å². The number of aryl methyl sites for hydroxylation is 1. The number of imidazole rings is 1. The molecular formula is C19H22N4O2. The molecule has 0 unspecified atom stereocenters. The molecule has 0 saturated carbocycles. The number of nitrogens with zero attached hydrogens (tertiary/aromatic N) is 4. The molecule has 1 aromatic heterocycles. The van der Waals surface area contributed by atoms with Crippen molar-refractivity contribution in [3.63, 3.8) is 0 Å². The fraction of sp³-hybridized carbons (Fsp3) is 0.421. The van der Waals surface area contributed by atoms with Crippen LogP contribution < -0.4 is 0 Å².